The summed E-state index contributed by atoms with van der Waals surface area (Å²) in [6, 6.07) is 8.17. The van der Waals surface area contributed by atoms with E-state index in [-0.39, 0.29) is 11.5 Å². The van der Waals surface area contributed by atoms with Crippen LogP contribution in [0.5, 0.6) is 0 Å². The average Bonchev–Trinajstić information content (AvgIpc) is 2.60. The first-order valence-electron chi connectivity index (χ1n) is 8.13. The third kappa shape index (κ3) is 7.61. The molecule has 0 saturated carbocycles. The minimum Gasteiger partial charge on any atom is -0.398 e. The number of anilines is 1. The standard InChI is InChI=1S/C9H10FNO2S.C9H12FNS/c1-2-5-14-9-4-3-7(10)6-8(9)11(12)13;1-2-5-12-9-4-3-7(10)6-8(9)11/h3-4,6H,2,5H2,1H3;3-4,6H,2,5,11H2,1H3. The monoisotopic (exact) mass is 400 g/mol. The highest BCUT2D eigenvalue weighted by Gasteiger charge is 2.14. The topological polar surface area (TPSA) is 69.2 Å². The van der Waals surface area contributed by atoms with E-state index in [9.17, 15) is 18.9 Å². The molecule has 2 aromatic carbocycles. The Balaban J connectivity index is 0.000000263. The van der Waals surface area contributed by atoms with Crippen molar-refractivity contribution < 1.29 is 13.7 Å². The van der Waals surface area contributed by atoms with Gasteiger partial charge in [0.15, 0.2) is 0 Å². The van der Waals surface area contributed by atoms with Crippen LogP contribution in [0.4, 0.5) is 20.2 Å². The molecule has 4 nitrogen and oxygen atoms in total. The molecule has 2 N–H and O–H groups in total. The van der Waals surface area contributed by atoms with Crippen LogP contribution in [0.3, 0.4) is 0 Å². The van der Waals surface area contributed by atoms with Crippen LogP contribution >= 0.6 is 23.5 Å². The second-order valence-corrected chi connectivity index (χ2v) is 7.52. The van der Waals surface area contributed by atoms with E-state index in [1.54, 1.807) is 17.8 Å². The molecule has 0 unspecified atom stereocenters. The van der Waals surface area contributed by atoms with Crippen molar-refractivity contribution >= 4 is 34.9 Å². The van der Waals surface area contributed by atoms with Crippen LogP contribution in [-0.2, 0) is 0 Å². The summed E-state index contributed by atoms with van der Waals surface area (Å²) in [5.41, 5.74) is 5.99. The number of halogens is 2. The molecule has 0 heterocycles. The zero-order valence-electron chi connectivity index (χ0n) is 14.7. The van der Waals surface area contributed by atoms with E-state index in [4.69, 9.17) is 5.73 Å². The van der Waals surface area contributed by atoms with Gasteiger partial charge in [-0.3, -0.25) is 10.1 Å². The lowest BCUT2D eigenvalue weighted by atomic mass is 10.3. The van der Waals surface area contributed by atoms with E-state index < -0.39 is 10.7 Å². The minimum absolute atomic E-state index is 0.150. The lowest BCUT2D eigenvalue weighted by Crippen LogP contribution is -1.92. The SMILES string of the molecule is CCCSc1ccc(F)cc1N.CCCSc1ccc(F)cc1[N+](=O)[O-]. The number of nitrogens with zero attached hydrogens (tertiary/aromatic N) is 1. The third-order valence-corrected chi connectivity index (χ3v) is 5.58. The fourth-order valence-corrected chi connectivity index (χ4v) is 3.51. The highest BCUT2D eigenvalue weighted by Crippen LogP contribution is 2.30. The Bertz CT molecular complexity index is 730. The molecule has 0 amide bonds. The Kier molecular flexibility index (Phi) is 10.0. The molecule has 0 saturated heterocycles. The first-order valence-corrected chi connectivity index (χ1v) is 10.1. The summed E-state index contributed by atoms with van der Waals surface area (Å²) in [7, 11) is 0. The lowest BCUT2D eigenvalue weighted by molar-refractivity contribution is -0.387. The fraction of sp³-hybridized carbons (Fsp3) is 0.333. The number of hydrogen-bond donors (Lipinski definition) is 1. The van der Waals surface area contributed by atoms with Crippen molar-refractivity contribution in [2.75, 3.05) is 17.2 Å². The molecule has 0 atom stereocenters. The van der Waals surface area contributed by atoms with Crippen LogP contribution < -0.4 is 5.73 Å². The van der Waals surface area contributed by atoms with Crippen LogP contribution in [0.15, 0.2) is 46.2 Å². The number of nitrogens with two attached hydrogens (primary N) is 1. The van der Waals surface area contributed by atoms with E-state index in [2.05, 4.69) is 6.92 Å². The number of rotatable bonds is 7. The van der Waals surface area contributed by atoms with E-state index >= 15 is 0 Å². The minimum atomic E-state index is -0.572. The van der Waals surface area contributed by atoms with Crippen molar-refractivity contribution in [3.8, 4) is 0 Å². The molecule has 2 rings (SSSR count). The highest BCUT2D eigenvalue weighted by molar-refractivity contribution is 7.99. The number of nitro groups is 1. The van der Waals surface area contributed by atoms with Gasteiger partial charge in [0, 0.05) is 10.6 Å². The molecule has 0 aliphatic carbocycles. The van der Waals surface area contributed by atoms with E-state index in [1.165, 1.54) is 36.0 Å². The summed E-state index contributed by atoms with van der Waals surface area (Å²) in [6.07, 6.45) is 2.03. The van der Waals surface area contributed by atoms with Gasteiger partial charge in [0.2, 0.25) is 0 Å². The van der Waals surface area contributed by atoms with Crippen molar-refractivity contribution in [3.63, 3.8) is 0 Å². The van der Waals surface area contributed by atoms with Crippen LogP contribution in [0.2, 0.25) is 0 Å². The maximum absolute atomic E-state index is 12.7. The molecule has 142 valence electrons. The second kappa shape index (κ2) is 11.7. The van der Waals surface area contributed by atoms with Crippen LogP contribution in [0.1, 0.15) is 26.7 Å². The summed E-state index contributed by atoms with van der Waals surface area (Å²) in [6.45, 7) is 4.09. The van der Waals surface area contributed by atoms with Gasteiger partial charge >= 0.3 is 0 Å². The van der Waals surface area contributed by atoms with Gasteiger partial charge < -0.3 is 5.73 Å². The zero-order valence-corrected chi connectivity index (χ0v) is 16.3. The van der Waals surface area contributed by atoms with Gasteiger partial charge in [0.1, 0.15) is 11.6 Å². The predicted molar refractivity (Wildman–Crippen MR) is 106 cm³/mol. The van der Waals surface area contributed by atoms with Gasteiger partial charge in [-0.15, -0.1) is 23.5 Å². The highest BCUT2D eigenvalue weighted by atomic mass is 32.2. The molecule has 0 fully saturated rings. The van der Waals surface area contributed by atoms with Crippen molar-refractivity contribution in [1.82, 2.24) is 0 Å². The number of thioether (sulfide) groups is 2. The van der Waals surface area contributed by atoms with Gasteiger partial charge in [-0.25, -0.2) is 8.78 Å². The number of nitrogen functional groups attached to an aromatic ring is 1. The number of nitro benzene ring substituents is 1. The molecular weight excluding hydrogens is 378 g/mol. The summed E-state index contributed by atoms with van der Waals surface area (Å²) >= 11 is 3.04. The van der Waals surface area contributed by atoms with Crippen LogP contribution in [0.25, 0.3) is 0 Å². The van der Waals surface area contributed by atoms with Crippen molar-refractivity contribution in [2.45, 2.75) is 36.5 Å². The quantitative estimate of drug-likeness (QED) is 0.261. The summed E-state index contributed by atoms with van der Waals surface area (Å²) in [5.74, 6) is 0.980. The van der Waals surface area contributed by atoms with Gasteiger partial charge in [0.05, 0.1) is 15.9 Å². The average molecular weight is 401 g/mol. The predicted octanol–water partition coefficient (Wildman–Crippen LogP) is 6.15. The maximum atomic E-state index is 12.7. The molecule has 0 aliphatic heterocycles. The largest absolute Gasteiger partial charge is 0.398 e. The van der Waals surface area contributed by atoms with E-state index in [0.717, 1.165) is 35.3 Å². The number of benzene rings is 2. The Morgan fingerprint density at radius 3 is 1.96 bits per heavy atom. The summed E-state index contributed by atoms with van der Waals surface area (Å²) < 4.78 is 25.3. The molecule has 26 heavy (non-hydrogen) atoms. The van der Waals surface area contributed by atoms with Crippen molar-refractivity contribution in [1.29, 1.82) is 0 Å². The third-order valence-electron chi connectivity index (χ3n) is 3.01. The maximum Gasteiger partial charge on any atom is 0.285 e. The van der Waals surface area contributed by atoms with Crippen LogP contribution in [-0.4, -0.2) is 16.4 Å². The van der Waals surface area contributed by atoms with Gasteiger partial charge in [0.25, 0.3) is 5.69 Å². The smallest absolute Gasteiger partial charge is 0.285 e. The summed E-state index contributed by atoms with van der Waals surface area (Å²) in [5, 5.41) is 10.6. The Labute approximate surface area is 160 Å². The van der Waals surface area contributed by atoms with Crippen LogP contribution in [0, 0.1) is 21.7 Å². The Morgan fingerprint density at radius 2 is 1.46 bits per heavy atom. The second-order valence-electron chi connectivity index (χ2n) is 5.25. The molecule has 0 bridgehead atoms. The molecule has 0 radical (unpaired) electrons. The molecule has 0 aliphatic rings. The van der Waals surface area contributed by atoms with Crippen molar-refractivity contribution in [3.05, 3.63) is 58.1 Å². The lowest BCUT2D eigenvalue weighted by Gasteiger charge is -2.03. The van der Waals surface area contributed by atoms with Crippen molar-refractivity contribution in [2.24, 2.45) is 0 Å². The summed E-state index contributed by atoms with van der Waals surface area (Å²) in [4.78, 5) is 11.5. The molecule has 2 aromatic rings. The molecule has 0 aromatic heterocycles. The fourth-order valence-electron chi connectivity index (χ4n) is 1.83. The zero-order chi connectivity index (χ0) is 19.5. The van der Waals surface area contributed by atoms with Gasteiger partial charge in [-0.05, 0) is 54.7 Å². The van der Waals surface area contributed by atoms with Gasteiger partial charge in [-0.1, -0.05) is 13.8 Å². The number of hydrogen-bond acceptors (Lipinski definition) is 5. The molecule has 0 spiro atoms. The van der Waals surface area contributed by atoms with E-state index in [0.29, 0.717) is 10.6 Å². The van der Waals surface area contributed by atoms with Gasteiger partial charge in [-0.2, -0.15) is 0 Å². The van der Waals surface area contributed by atoms with E-state index in [1.807, 2.05) is 6.92 Å². The Morgan fingerprint density at radius 1 is 0.962 bits per heavy atom. The molecular formula is C18H22F2N2O2S2. The first-order chi connectivity index (χ1) is 12.4. The Hall–Kier alpha value is -1.80. The first kappa shape index (κ1) is 22.2. The molecule has 8 heteroatoms. The normalized spacial score (nSPS) is 10.2.